The van der Waals surface area contributed by atoms with Crippen molar-refractivity contribution >= 4 is 12.0 Å². The van der Waals surface area contributed by atoms with Crippen LogP contribution in [0.25, 0.3) is 0 Å². The molecule has 2 N–H and O–H groups in total. The van der Waals surface area contributed by atoms with Gasteiger partial charge in [0.05, 0.1) is 13.2 Å². The molecule has 0 radical (unpaired) electrons. The molecular formula is C12H21N3O4. The van der Waals surface area contributed by atoms with E-state index in [9.17, 15) is 9.59 Å². The van der Waals surface area contributed by atoms with Gasteiger partial charge in [-0.1, -0.05) is 6.08 Å². The fourth-order valence-electron chi connectivity index (χ4n) is 1.76. The molecule has 1 aliphatic heterocycles. The van der Waals surface area contributed by atoms with Crippen molar-refractivity contribution in [1.29, 1.82) is 0 Å². The predicted molar refractivity (Wildman–Crippen MR) is 69.7 cm³/mol. The normalized spacial score (nSPS) is 15.9. The van der Waals surface area contributed by atoms with Crippen LogP contribution in [0.1, 0.15) is 0 Å². The third-order valence-electron chi connectivity index (χ3n) is 2.76. The number of amides is 2. The maximum absolute atomic E-state index is 11.5. The highest BCUT2D eigenvalue weighted by Crippen LogP contribution is 2.03. The third kappa shape index (κ3) is 5.71. The molecule has 19 heavy (non-hydrogen) atoms. The smallest absolute Gasteiger partial charge is 0.409 e. The Kier molecular flexibility index (Phi) is 6.91. The standard InChI is InChI=1S/C12H21N3O4/c1-2-3-13-11(17)10-14-4-6-15(7-5-14)12(18)19-9-8-16/h2,16H,1,3-10H2,(H,13,17). The zero-order chi connectivity index (χ0) is 14.1. The van der Waals surface area contributed by atoms with Gasteiger partial charge in [-0.05, 0) is 0 Å². The molecule has 1 aliphatic rings. The molecule has 1 fully saturated rings. The van der Waals surface area contributed by atoms with Crippen LogP contribution in [-0.4, -0.2) is 79.4 Å². The summed E-state index contributed by atoms with van der Waals surface area (Å²) in [5, 5.41) is 11.3. The molecule has 0 aliphatic carbocycles. The van der Waals surface area contributed by atoms with Gasteiger partial charge in [-0.25, -0.2) is 4.79 Å². The van der Waals surface area contributed by atoms with Crippen molar-refractivity contribution < 1.29 is 19.4 Å². The lowest BCUT2D eigenvalue weighted by Crippen LogP contribution is -2.51. The minimum atomic E-state index is -0.412. The van der Waals surface area contributed by atoms with Crippen molar-refractivity contribution in [2.45, 2.75) is 0 Å². The molecule has 7 nitrogen and oxygen atoms in total. The lowest BCUT2D eigenvalue weighted by atomic mass is 10.3. The summed E-state index contributed by atoms with van der Waals surface area (Å²) in [6, 6.07) is 0. The van der Waals surface area contributed by atoms with Crippen LogP contribution >= 0.6 is 0 Å². The number of piperazine rings is 1. The maximum Gasteiger partial charge on any atom is 0.409 e. The third-order valence-corrected chi connectivity index (χ3v) is 2.76. The maximum atomic E-state index is 11.5. The van der Waals surface area contributed by atoms with Crippen LogP contribution < -0.4 is 5.32 Å². The summed E-state index contributed by atoms with van der Waals surface area (Å²) < 4.78 is 4.83. The molecule has 2 amide bonds. The first-order chi connectivity index (χ1) is 9.17. The minimum Gasteiger partial charge on any atom is -0.447 e. The Balaban J connectivity index is 2.23. The van der Waals surface area contributed by atoms with Crippen molar-refractivity contribution in [1.82, 2.24) is 15.1 Å². The van der Waals surface area contributed by atoms with Crippen LogP contribution in [0.4, 0.5) is 4.79 Å². The average molecular weight is 271 g/mol. The Labute approximate surface area is 112 Å². The van der Waals surface area contributed by atoms with E-state index in [4.69, 9.17) is 9.84 Å². The van der Waals surface area contributed by atoms with Crippen LogP contribution in [-0.2, 0) is 9.53 Å². The Bertz CT molecular complexity index is 314. The number of ether oxygens (including phenoxy) is 1. The quantitative estimate of drug-likeness (QED) is 0.608. The van der Waals surface area contributed by atoms with Crippen LogP contribution in [0, 0.1) is 0 Å². The van der Waals surface area contributed by atoms with Gasteiger partial charge in [0.15, 0.2) is 0 Å². The zero-order valence-electron chi connectivity index (χ0n) is 11.0. The SMILES string of the molecule is C=CCNC(=O)CN1CCN(C(=O)OCCO)CC1. The van der Waals surface area contributed by atoms with E-state index in [0.29, 0.717) is 39.3 Å². The highest BCUT2D eigenvalue weighted by atomic mass is 16.6. The molecule has 0 spiro atoms. The fraction of sp³-hybridized carbons (Fsp3) is 0.667. The number of rotatable bonds is 6. The first-order valence-electron chi connectivity index (χ1n) is 6.30. The molecule has 0 unspecified atom stereocenters. The molecule has 1 rings (SSSR count). The fourth-order valence-corrected chi connectivity index (χ4v) is 1.76. The molecular weight excluding hydrogens is 250 g/mol. The molecule has 7 heteroatoms. The number of carbonyl (C=O) groups excluding carboxylic acids is 2. The Morgan fingerprint density at radius 2 is 2.00 bits per heavy atom. The molecule has 0 aromatic carbocycles. The van der Waals surface area contributed by atoms with Gasteiger partial charge in [0.25, 0.3) is 0 Å². The molecule has 108 valence electrons. The van der Waals surface area contributed by atoms with E-state index in [0.717, 1.165) is 0 Å². The summed E-state index contributed by atoms with van der Waals surface area (Å²) in [6.07, 6.45) is 1.22. The Morgan fingerprint density at radius 3 is 2.58 bits per heavy atom. The molecule has 0 atom stereocenters. The van der Waals surface area contributed by atoms with Gasteiger partial charge in [-0.2, -0.15) is 0 Å². The summed E-state index contributed by atoms with van der Waals surface area (Å²) in [5.41, 5.74) is 0. The van der Waals surface area contributed by atoms with Crippen molar-refractivity contribution in [3.05, 3.63) is 12.7 Å². The second-order valence-electron chi connectivity index (χ2n) is 4.19. The van der Waals surface area contributed by atoms with E-state index in [-0.39, 0.29) is 19.1 Å². The number of hydrogen-bond donors (Lipinski definition) is 2. The lowest BCUT2D eigenvalue weighted by Gasteiger charge is -2.33. The lowest BCUT2D eigenvalue weighted by molar-refractivity contribution is -0.122. The van der Waals surface area contributed by atoms with Crippen molar-refractivity contribution in [3.8, 4) is 0 Å². The van der Waals surface area contributed by atoms with Crippen LogP contribution in [0.5, 0.6) is 0 Å². The van der Waals surface area contributed by atoms with Crippen molar-refractivity contribution in [2.24, 2.45) is 0 Å². The van der Waals surface area contributed by atoms with Crippen molar-refractivity contribution in [3.63, 3.8) is 0 Å². The van der Waals surface area contributed by atoms with Crippen molar-refractivity contribution in [2.75, 3.05) is 52.5 Å². The summed E-state index contributed by atoms with van der Waals surface area (Å²) in [6.45, 7) is 6.49. The monoisotopic (exact) mass is 271 g/mol. The van der Waals surface area contributed by atoms with Crippen LogP contribution in [0.3, 0.4) is 0 Å². The summed E-state index contributed by atoms with van der Waals surface area (Å²) >= 11 is 0. The topological polar surface area (TPSA) is 82.1 Å². The van der Waals surface area contributed by atoms with Gasteiger partial charge in [-0.15, -0.1) is 6.58 Å². The van der Waals surface area contributed by atoms with E-state index >= 15 is 0 Å². The summed E-state index contributed by atoms with van der Waals surface area (Å²) in [5.74, 6) is -0.0452. The van der Waals surface area contributed by atoms with Crippen LogP contribution in [0.2, 0.25) is 0 Å². The zero-order valence-corrected chi connectivity index (χ0v) is 11.0. The number of aliphatic hydroxyl groups is 1. The largest absolute Gasteiger partial charge is 0.447 e. The van der Waals surface area contributed by atoms with Gasteiger partial charge in [-0.3, -0.25) is 9.69 Å². The van der Waals surface area contributed by atoms with Crippen LogP contribution in [0.15, 0.2) is 12.7 Å². The predicted octanol–water partition coefficient (Wildman–Crippen LogP) is -0.965. The number of carbonyl (C=O) groups is 2. The molecule has 0 aromatic heterocycles. The molecule has 0 saturated carbocycles. The Morgan fingerprint density at radius 1 is 1.32 bits per heavy atom. The number of hydrogen-bond acceptors (Lipinski definition) is 5. The molecule has 0 bridgehead atoms. The number of aliphatic hydroxyl groups excluding tert-OH is 1. The second kappa shape index (κ2) is 8.49. The molecule has 0 aromatic rings. The van der Waals surface area contributed by atoms with Gasteiger partial charge in [0, 0.05) is 32.7 Å². The highest BCUT2D eigenvalue weighted by molar-refractivity contribution is 5.78. The minimum absolute atomic E-state index is 0.0169. The molecule has 1 heterocycles. The second-order valence-corrected chi connectivity index (χ2v) is 4.19. The van der Waals surface area contributed by atoms with E-state index in [1.165, 1.54) is 0 Å². The first kappa shape index (κ1) is 15.5. The first-order valence-corrected chi connectivity index (χ1v) is 6.30. The number of nitrogens with zero attached hydrogens (tertiary/aromatic N) is 2. The van der Waals surface area contributed by atoms with Gasteiger partial charge >= 0.3 is 6.09 Å². The van der Waals surface area contributed by atoms with Gasteiger partial charge in [0.2, 0.25) is 5.91 Å². The van der Waals surface area contributed by atoms with Gasteiger partial charge < -0.3 is 20.1 Å². The van der Waals surface area contributed by atoms with E-state index < -0.39 is 6.09 Å². The van der Waals surface area contributed by atoms with Gasteiger partial charge in [0.1, 0.15) is 6.61 Å². The van der Waals surface area contributed by atoms with E-state index in [2.05, 4.69) is 11.9 Å². The van der Waals surface area contributed by atoms with E-state index in [1.807, 2.05) is 4.90 Å². The average Bonchev–Trinajstić information content (AvgIpc) is 2.43. The summed E-state index contributed by atoms with van der Waals surface area (Å²) in [7, 11) is 0. The number of nitrogens with one attached hydrogen (secondary N) is 1. The highest BCUT2D eigenvalue weighted by Gasteiger charge is 2.22. The summed E-state index contributed by atoms with van der Waals surface area (Å²) in [4.78, 5) is 26.6. The van der Waals surface area contributed by atoms with E-state index in [1.54, 1.807) is 11.0 Å². The Hall–Kier alpha value is -1.60. The molecule has 1 saturated heterocycles.